The van der Waals surface area contributed by atoms with Crippen molar-refractivity contribution in [2.75, 3.05) is 42.9 Å². The van der Waals surface area contributed by atoms with Gasteiger partial charge in [-0.2, -0.15) is 13.2 Å². The fourth-order valence-electron chi connectivity index (χ4n) is 3.58. The van der Waals surface area contributed by atoms with E-state index in [-0.39, 0.29) is 22.9 Å². The Hall–Kier alpha value is -2.32. The van der Waals surface area contributed by atoms with Gasteiger partial charge in [-0.25, -0.2) is 4.98 Å². The molecule has 3 rings (SSSR count). The molecule has 0 saturated carbocycles. The second-order valence-electron chi connectivity index (χ2n) is 8.63. The number of halogens is 4. The van der Waals surface area contributed by atoms with Crippen LogP contribution in [0, 0.1) is 0 Å². The van der Waals surface area contributed by atoms with Crippen LogP contribution in [-0.2, 0) is 16.4 Å². The van der Waals surface area contributed by atoms with Gasteiger partial charge in [0.25, 0.3) is 0 Å². The van der Waals surface area contributed by atoms with Crippen molar-refractivity contribution in [3.05, 3.63) is 52.7 Å². The summed E-state index contributed by atoms with van der Waals surface area (Å²) in [5.74, 6) is 0.230. The van der Waals surface area contributed by atoms with Crippen LogP contribution in [0.15, 0.2) is 36.5 Å². The molecule has 1 N–H and O–H groups in total. The lowest BCUT2D eigenvalue weighted by Crippen LogP contribution is -2.49. The molecule has 5 nitrogen and oxygen atoms in total. The summed E-state index contributed by atoms with van der Waals surface area (Å²) in [4.78, 5) is 20.4. The number of pyridine rings is 1. The Bertz CT molecular complexity index is 935. The van der Waals surface area contributed by atoms with Gasteiger partial charge in [0.2, 0.25) is 5.91 Å². The zero-order chi connectivity index (χ0) is 22.8. The highest BCUT2D eigenvalue weighted by molar-refractivity contribution is 6.33. The highest BCUT2D eigenvalue weighted by atomic mass is 35.5. The van der Waals surface area contributed by atoms with E-state index in [1.54, 1.807) is 0 Å². The SMILES string of the molecule is CC(C)(C)c1ccccc1NC(=O)CN1CCN(c2ncc(C(F)(F)F)cc2Cl)CC1. The summed E-state index contributed by atoms with van der Waals surface area (Å²) in [7, 11) is 0. The number of nitrogens with zero attached hydrogens (tertiary/aromatic N) is 3. The molecule has 31 heavy (non-hydrogen) atoms. The van der Waals surface area contributed by atoms with Crippen LogP contribution in [0.5, 0.6) is 0 Å². The molecule has 2 heterocycles. The summed E-state index contributed by atoms with van der Waals surface area (Å²) in [5.41, 5.74) is 0.909. The first kappa shape index (κ1) is 23.3. The standard InChI is InChI=1S/C22H26ClF3N4O/c1-21(2,3)16-6-4-5-7-18(16)28-19(31)14-29-8-10-30(11-9-29)20-17(23)12-15(13-27-20)22(24,25)26/h4-7,12-13H,8-11,14H2,1-3H3,(H,28,31). The second-order valence-corrected chi connectivity index (χ2v) is 9.04. The van der Waals surface area contributed by atoms with Crippen molar-refractivity contribution < 1.29 is 18.0 Å². The number of benzene rings is 1. The van der Waals surface area contributed by atoms with Crippen LogP contribution < -0.4 is 10.2 Å². The van der Waals surface area contributed by atoms with Gasteiger partial charge in [0.1, 0.15) is 5.82 Å². The number of hydrogen-bond acceptors (Lipinski definition) is 4. The molecule has 1 amide bonds. The summed E-state index contributed by atoms with van der Waals surface area (Å²) in [5, 5.41) is 2.97. The fourth-order valence-corrected chi connectivity index (χ4v) is 3.86. The number of para-hydroxylation sites is 1. The normalized spacial score (nSPS) is 15.8. The molecule has 2 aromatic rings. The van der Waals surface area contributed by atoms with Gasteiger partial charge in [-0.05, 0) is 23.1 Å². The van der Waals surface area contributed by atoms with Crippen molar-refractivity contribution in [1.29, 1.82) is 0 Å². The summed E-state index contributed by atoms with van der Waals surface area (Å²) in [6.07, 6.45) is -3.68. The molecule has 0 spiro atoms. The Kier molecular flexibility index (Phi) is 6.81. The highest BCUT2D eigenvalue weighted by Gasteiger charge is 2.32. The van der Waals surface area contributed by atoms with Gasteiger partial charge in [0.05, 0.1) is 17.1 Å². The largest absolute Gasteiger partial charge is 0.417 e. The molecule has 1 aliphatic rings. The molecular formula is C22H26ClF3N4O. The number of carbonyl (C=O) groups is 1. The Morgan fingerprint density at radius 3 is 2.35 bits per heavy atom. The third-order valence-electron chi connectivity index (χ3n) is 5.20. The van der Waals surface area contributed by atoms with Gasteiger partial charge in [-0.15, -0.1) is 0 Å². The topological polar surface area (TPSA) is 48.5 Å². The maximum Gasteiger partial charge on any atom is 0.417 e. The van der Waals surface area contributed by atoms with Crippen LogP contribution in [0.3, 0.4) is 0 Å². The number of hydrogen-bond donors (Lipinski definition) is 1. The van der Waals surface area contributed by atoms with E-state index >= 15 is 0 Å². The lowest BCUT2D eigenvalue weighted by molar-refractivity contribution is -0.137. The first-order valence-corrected chi connectivity index (χ1v) is 10.4. The minimum Gasteiger partial charge on any atom is -0.353 e. The van der Waals surface area contributed by atoms with Crippen molar-refractivity contribution in [3.63, 3.8) is 0 Å². The van der Waals surface area contributed by atoms with Crippen LogP contribution in [-0.4, -0.2) is 48.5 Å². The van der Waals surface area contributed by atoms with E-state index in [1.807, 2.05) is 34.1 Å². The number of anilines is 2. The van der Waals surface area contributed by atoms with Crippen molar-refractivity contribution in [2.24, 2.45) is 0 Å². The summed E-state index contributed by atoms with van der Waals surface area (Å²) in [6, 6.07) is 8.65. The first-order valence-electron chi connectivity index (χ1n) is 10.0. The van der Waals surface area contributed by atoms with E-state index in [0.29, 0.717) is 32.0 Å². The lowest BCUT2D eigenvalue weighted by Gasteiger charge is -2.35. The molecule has 1 aromatic heterocycles. The van der Waals surface area contributed by atoms with Gasteiger partial charge < -0.3 is 10.2 Å². The summed E-state index contributed by atoms with van der Waals surface area (Å²) in [6.45, 7) is 8.71. The van der Waals surface area contributed by atoms with Gasteiger partial charge in [0.15, 0.2) is 0 Å². The van der Waals surface area contributed by atoms with E-state index in [1.165, 1.54) is 0 Å². The molecule has 9 heteroatoms. The van der Waals surface area contributed by atoms with Gasteiger partial charge in [-0.1, -0.05) is 50.6 Å². The van der Waals surface area contributed by atoms with Gasteiger partial charge >= 0.3 is 6.18 Å². The molecule has 1 fully saturated rings. The Morgan fingerprint density at radius 2 is 1.77 bits per heavy atom. The zero-order valence-corrected chi connectivity index (χ0v) is 18.5. The first-order chi connectivity index (χ1) is 14.4. The van der Waals surface area contributed by atoms with Crippen LogP contribution in [0.25, 0.3) is 0 Å². The van der Waals surface area contributed by atoms with Crippen molar-refractivity contribution in [1.82, 2.24) is 9.88 Å². The van der Waals surface area contributed by atoms with E-state index in [4.69, 9.17) is 11.6 Å². The van der Waals surface area contributed by atoms with Crippen molar-refractivity contribution >= 4 is 29.0 Å². The number of amides is 1. The molecule has 1 aliphatic heterocycles. The molecule has 0 bridgehead atoms. The average molecular weight is 455 g/mol. The predicted octanol–water partition coefficient (Wildman–Crippen LogP) is 4.81. The van der Waals surface area contributed by atoms with E-state index in [9.17, 15) is 18.0 Å². The molecular weight excluding hydrogens is 429 g/mol. The fraction of sp³-hybridized carbons (Fsp3) is 0.455. The molecule has 0 radical (unpaired) electrons. The highest BCUT2D eigenvalue weighted by Crippen LogP contribution is 2.34. The monoisotopic (exact) mass is 454 g/mol. The van der Waals surface area contributed by atoms with Crippen molar-refractivity contribution in [2.45, 2.75) is 32.4 Å². The Balaban J connectivity index is 1.57. The van der Waals surface area contributed by atoms with Crippen LogP contribution in [0.1, 0.15) is 31.9 Å². The number of rotatable bonds is 4. The third kappa shape index (κ3) is 5.89. The minimum absolute atomic E-state index is 0.0280. The molecule has 1 saturated heterocycles. The molecule has 0 unspecified atom stereocenters. The summed E-state index contributed by atoms with van der Waals surface area (Å²) >= 11 is 6.05. The third-order valence-corrected chi connectivity index (χ3v) is 5.48. The van der Waals surface area contributed by atoms with Crippen LogP contribution in [0.4, 0.5) is 24.7 Å². The molecule has 168 valence electrons. The van der Waals surface area contributed by atoms with Crippen LogP contribution in [0.2, 0.25) is 5.02 Å². The number of nitrogens with one attached hydrogen (secondary N) is 1. The molecule has 0 atom stereocenters. The van der Waals surface area contributed by atoms with Gasteiger partial charge in [0, 0.05) is 38.1 Å². The van der Waals surface area contributed by atoms with Crippen LogP contribution >= 0.6 is 11.6 Å². The summed E-state index contributed by atoms with van der Waals surface area (Å²) < 4.78 is 38.4. The Morgan fingerprint density at radius 1 is 1.13 bits per heavy atom. The van der Waals surface area contributed by atoms with E-state index in [0.717, 1.165) is 23.5 Å². The van der Waals surface area contributed by atoms with E-state index in [2.05, 4.69) is 31.1 Å². The lowest BCUT2D eigenvalue weighted by atomic mass is 9.86. The van der Waals surface area contributed by atoms with E-state index < -0.39 is 11.7 Å². The predicted molar refractivity (Wildman–Crippen MR) is 117 cm³/mol. The maximum atomic E-state index is 12.8. The number of alkyl halides is 3. The number of carbonyl (C=O) groups excluding carboxylic acids is 1. The molecule has 0 aliphatic carbocycles. The zero-order valence-electron chi connectivity index (χ0n) is 17.8. The van der Waals surface area contributed by atoms with Gasteiger partial charge in [-0.3, -0.25) is 9.69 Å². The Labute approximate surface area is 185 Å². The second kappa shape index (κ2) is 9.04. The number of piperazine rings is 1. The molecule has 1 aromatic carbocycles. The minimum atomic E-state index is -4.48. The average Bonchev–Trinajstić information content (AvgIpc) is 2.67. The quantitative estimate of drug-likeness (QED) is 0.720. The maximum absolute atomic E-state index is 12.8. The van der Waals surface area contributed by atoms with Crippen molar-refractivity contribution in [3.8, 4) is 0 Å². The number of aromatic nitrogens is 1. The smallest absolute Gasteiger partial charge is 0.353 e.